The fraction of sp³-hybridized carbons (Fsp3) is 0.353. The molecule has 120 valence electrons. The topological polar surface area (TPSA) is 66.1 Å². The van der Waals surface area contributed by atoms with Gasteiger partial charge in [0.05, 0.1) is 5.75 Å². The quantitative estimate of drug-likeness (QED) is 0.694. The number of benzene rings is 1. The molecular formula is C17H19N3O2S. The highest BCUT2D eigenvalue weighted by atomic mass is 32.2. The van der Waals surface area contributed by atoms with Gasteiger partial charge in [-0.1, -0.05) is 29.5 Å². The molecule has 0 aliphatic carbocycles. The Bertz CT molecular complexity index is 801. The fourth-order valence-electron chi connectivity index (χ4n) is 2.81. The largest absolute Gasteiger partial charge is 0.311 e. The molecule has 0 spiro atoms. The zero-order chi connectivity index (χ0) is 16.4. The Morgan fingerprint density at radius 1 is 1.35 bits per heavy atom. The lowest BCUT2D eigenvalue weighted by Gasteiger charge is -2.29. The maximum Gasteiger partial charge on any atom is 0.251 e. The number of nitrogens with one attached hydrogen (secondary N) is 1. The van der Waals surface area contributed by atoms with Gasteiger partial charge in [-0.3, -0.25) is 9.59 Å². The van der Waals surface area contributed by atoms with Crippen molar-refractivity contribution in [1.82, 2.24) is 9.97 Å². The predicted octanol–water partition coefficient (Wildman–Crippen LogP) is 2.46. The summed E-state index contributed by atoms with van der Waals surface area (Å²) in [7, 11) is 0. The van der Waals surface area contributed by atoms with Crippen LogP contribution in [0, 0.1) is 13.8 Å². The zero-order valence-corrected chi connectivity index (χ0v) is 14.1. The Balaban J connectivity index is 1.73. The Hall–Kier alpha value is -2.08. The summed E-state index contributed by atoms with van der Waals surface area (Å²) in [6.07, 6.45) is 1.99. The van der Waals surface area contributed by atoms with E-state index in [1.807, 2.05) is 17.0 Å². The molecule has 23 heavy (non-hydrogen) atoms. The van der Waals surface area contributed by atoms with Crippen molar-refractivity contribution in [2.24, 2.45) is 0 Å². The number of aryl methyl sites for hydroxylation is 3. The second-order valence-corrected chi connectivity index (χ2v) is 6.73. The van der Waals surface area contributed by atoms with Gasteiger partial charge in [0.15, 0.2) is 5.16 Å². The third-order valence-electron chi connectivity index (χ3n) is 3.84. The molecule has 1 aliphatic rings. The van der Waals surface area contributed by atoms with Crippen LogP contribution in [0.25, 0.3) is 0 Å². The number of fused-ring (bicyclic) bond motifs is 1. The Labute approximate surface area is 139 Å². The molecule has 2 aromatic rings. The summed E-state index contributed by atoms with van der Waals surface area (Å²) in [5, 5.41) is 0.490. The average Bonchev–Trinajstić information content (AvgIpc) is 2.51. The van der Waals surface area contributed by atoms with Gasteiger partial charge in [0.25, 0.3) is 5.56 Å². The van der Waals surface area contributed by atoms with Crippen LogP contribution in [0.2, 0.25) is 0 Å². The third kappa shape index (κ3) is 3.64. The van der Waals surface area contributed by atoms with E-state index in [2.05, 4.69) is 23.0 Å². The van der Waals surface area contributed by atoms with E-state index in [4.69, 9.17) is 0 Å². The van der Waals surface area contributed by atoms with Gasteiger partial charge in [-0.2, -0.15) is 0 Å². The van der Waals surface area contributed by atoms with Crippen molar-refractivity contribution < 1.29 is 4.79 Å². The number of amides is 1. The van der Waals surface area contributed by atoms with E-state index in [0.717, 1.165) is 25.1 Å². The molecule has 3 rings (SSSR count). The standard InChI is InChI=1S/C17H19N3O2S/c1-11-5-6-14-13(8-11)4-3-7-20(14)16(22)10-23-17-18-12(2)9-15(21)19-17/h5-6,8-9H,3-4,7,10H2,1-2H3,(H,18,19,21). The van der Waals surface area contributed by atoms with Gasteiger partial charge in [-0.15, -0.1) is 0 Å². The maximum absolute atomic E-state index is 12.6. The Kier molecular flexibility index (Phi) is 4.52. The van der Waals surface area contributed by atoms with Crippen LogP contribution in [0.4, 0.5) is 5.69 Å². The zero-order valence-electron chi connectivity index (χ0n) is 13.3. The molecular weight excluding hydrogens is 310 g/mol. The lowest BCUT2D eigenvalue weighted by molar-refractivity contribution is -0.116. The number of thioether (sulfide) groups is 1. The predicted molar refractivity (Wildman–Crippen MR) is 92.2 cm³/mol. The number of hydrogen-bond donors (Lipinski definition) is 1. The van der Waals surface area contributed by atoms with Crippen LogP contribution in [-0.2, 0) is 11.2 Å². The molecule has 0 atom stereocenters. The van der Waals surface area contributed by atoms with Crippen molar-refractivity contribution in [1.29, 1.82) is 0 Å². The first-order valence-corrected chi connectivity index (χ1v) is 8.62. The number of aromatic amines is 1. The lowest BCUT2D eigenvalue weighted by Crippen LogP contribution is -2.36. The highest BCUT2D eigenvalue weighted by molar-refractivity contribution is 7.99. The van der Waals surface area contributed by atoms with Gasteiger partial charge < -0.3 is 9.88 Å². The van der Waals surface area contributed by atoms with Crippen molar-refractivity contribution in [2.75, 3.05) is 17.2 Å². The van der Waals surface area contributed by atoms with Gasteiger partial charge in [0, 0.05) is 24.0 Å². The molecule has 0 saturated carbocycles. The molecule has 0 unspecified atom stereocenters. The van der Waals surface area contributed by atoms with Crippen molar-refractivity contribution >= 4 is 23.4 Å². The summed E-state index contributed by atoms with van der Waals surface area (Å²) in [6, 6.07) is 7.66. The van der Waals surface area contributed by atoms with E-state index in [9.17, 15) is 9.59 Å². The van der Waals surface area contributed by atoms with Crippen LogP contribution in [-0.4, -0.2) is 28.2 Å². The molecule has 1 amide bonds. The van der Waals surface area contributed by atoms with Crippen molar-refractivity contribution in [2.45, 2.75) is 31.8 Å². The monoisotopic (exact) mass is 329 g/mol. The number of anilines is 1. The number of H-pyrrole nitrogens is 1. The summed E-state index contributed by atoms with van der Waals surface area (Å²) in [5.74, 6) is 0.309. The molecule has 5 nitrogen and oxygen atoms in total. The summed E-state index contributed by atoms with van der Waals surface area (Å²) in [4.78, 5) is 32.8. The van der Waals surface area contributed by atoms with Crippen LogP contribution >= 0.6 is 11.8 Å². The molecule has 0 fully saturated rings. The fourth-order valence-corrected chi connectivity index (χ4v) is 3.61. The third-order valence-corrected chi connectivity index (χ3v) is 4.69. The summed E-state index contributed by atoms with van der Waals surface area (Å²) >= 11 is 1.27. The number of hydrogen-bond acceptors (Lipinski definition) is 4. The number of carbonyl (C=O) groups excluding carboxylic acids is 1. The van der Waals surface area contributed by atoms with Gasteiger partial charge in [0.1, 0.15) is 0 Å². The first kappa shape index (κ1) is 15.8. The van der Waals surface area contributed by atoms with E-state index in [-0.39, 0.29) is 17.2 Å². The van der Waals surface area contributed by atoms with Gasteiger partial charge >= 0.3 is 0 Å². The summed E-state index contributed by atoms with van der Waals surface area (Å²) in [5.41, 5.74) is 3.93. The normalized spacial score (nSPS) is 13.7. The molecule has 1 aromatic heterocycles. The Morgan fingerprint density at radius 3 is 2.96 bits per heavy atom. The first-order valence-electron chi connectivity index (χ1n) is 7.63. The molecule has 0 bridgehead atoms. The van der Waals surface area contributed by atoms with Crippen LogP contribution in [0.3, 0.4) is 0 Å². The number of aromatic nitrogens is 2. The molecule has 1 aromatic carbocycles. The van der Waals surface area contributed by atoms with Crippen molar-refractivity contribution in [3.63, 3.8) is 0 Å². The average molecular weight is 329 g/mol. The van der Waals surface area contributed by atoms with Crippen LogP contribution < -0.4 is 10.5 Å². The van der Waals surface area contributed by atoms with E-state index >= 15 is 0 Å². The molecule has 2 heterocycles. The van der Waals surface area contributed by atoms with Gasteiger partial charge in [-0.05, 0) is 38.3 Å². The van der Waals surface area contributed by atoms with Crippen LogP contribution in [0.1, 0.15) is 23.2 Å². The van der Waals surface area contributed by atoms with Gasteiger partial charge in [0.2, 0.25) is 5.91 Å². The van der Waals surface area contributed by atoms with Crippen molar-refractivity contribution in [3.05, 3.63) is 51.4 Å². The summed E-state index contributed by atoms with van der Waals surface area (Å²) in [6.45, 7) is 4.58. The minimum Gasteiger partial charge on any atom is -0.311 e. The summed E-state index contributed by atoms with van der Waals surface area (Å²) < 4.78 is 0. The van der Waals surface area contributed by atoms with Crippen LogP contribution in [0.15, 0.2) is 34.2 Å². The first-order chi connectivity index (χ1) is 11.0. The van der Waals surface area contributed by atoms with Gasteiger partial charge in [-0.25, -0.2) is 4.98 Å². The lowest BCUT2D eigenvalue weighted by atomic mass is 10.00. The molecule has 1 aliphatic heterocycles. The van der Waals surface area contributed by atoms with Crippen molar-refractivity contribution in [3.8, 4) is 0 Å². The molecule has 1 N–H and O–H groups in total. The molecule has 0 saturated heterocycles. The number of rotatable bonds is 3. The van der Waals surface area contributed by atoms with E-state index in [1.165, 1.54) is 29.0 Å². The highest BCUT2D eigenvalue weighted by Gasteiger charge is 2.22. The van der Waals surface area contributed by atoms with E-state index < -0.39 is 0 Å². The minimum absolute atomic E-state index is 0.0453. The Morgan fingerprint density at radius 2 is 2.17 bits per heavy atom. The second-order valence-electron chi connectivity index (χ2n) is 5.76. The SMILES string of the molecule is Cc1ccc2c(c1)CCCN2C(=O)CSc1nc(C)cc(=O)[nH]1. The maximum atomic E-state index is 12.6. The van der Waals surface area contributed by atoms with E-state index in [1.54, 1.807) is 6.92 Å². The van der Waals surface area contributed by atoms with E-state index in [0.29, 0.717) is 10.9 Å². The number of nitrogens with zero attached hydrogens (tertiary/aromatic N) is 2. The highest BCUT2D eigenvalue weighted by Crippen LogP contribution is 2.28. The second kappa shape index (κ2) is 6.58. The molecule has 6 heteroatoms. The smallest absolute Gasteiger partial charge is 0.251 e. The van der Waals surface area contributed by atoms with Crippen LogP contribution in [0.5, 0.6) is 0 Å². The molecule has 0 radical (unpaired) electrons. The minimum atomic E-state index is -0.189. The number of carbonyl (C=O) groups is 1.